The number of nitrogens with one attached hydrogen (secondary N) is 1. The number of anilines is 2. The van der Waals surface area contributed by atoms with E-state index in [9.17, 15) is 9.59 Å². The molecule has 2 aliphatic heterocycles. The summed E-state index contributed by atoms with van der Waals surface area (Å²) in [4.78, 5) is 28.2. The van der Waals surface area contributed by atoms with E-state index >= 15 is 0 Å². The quantitative estimate of drug-likeness (QED) is 0.933. The number of benzene rings is 1. The van der Waals surface area contributed by atoms with Crippen molar-refractivity contribution in [3.8, 4) is 0 Å². The highest BCUT2D eigenvalue weighted by atomic mass is 16.2. The van der Waals surface area contributed by atoms with Crippen LogP contribution in [0.3, 0.4) is 0 Å². The summed E-state index contributed by atoms with van der Waals surface area (Å²) in [6.07, 6.45) is 4.51. The van der Waals surface area contributed by atoms with Gasteiger partial charge in [0.15, 0.2) is 0 Å². The molecule has 118 valence electrons. The van der Waals surface area contributed by atoms with Crippen LogP contribution in [0.5, 0.6) is 0 Å². The number of rotatable bonds is 3. The van der Waals surface area contributed by atoms with Crippen LogP contribution in [0.1, 0.15) is 43.0 Å². The van der Waals surface area contributed by atoms with Crippen LogP contribution < -0.4 is 10.2 Å². The van der Waals surface area contributed by atoms with Crippen LogP contribution >= 0.6 is 0 Å². The van der Waals surface area contributed by atoms with Crippen molar-refractivity contribution in [1.29, 1.82) is 0 Å². The van der Waals surface area contributed by atoms with Crippen LogP contribution in [0, 0.1) is 0 Å². The third-order valence-corrected chi connectivity index (χ3v) is 4.39. The number of nitrogens with zero attached hydrogens (tertiary/aromatic N) is 2. The summed E-state index contributed by atoms with van der Waals surface area (Å²) in [5.74, 6) is -0.0386. The maximum atomic E-state index is 12.5. The normalized spacial score (nSPS) is 17.9. The van der Waals surface area contributed by atoms with E-state index in [0.717, 1.165) is 50.4 Å². The highest BCUT2D eigenvalue weighted by Crippen LogP contribution is 2.30. The standard InChI is InChI=1S/C17H23N3O2/c1-13(21)18-15-12-14(17(22)20-10-4-5-11-20)6-7-16(15)19-8-2-3-9-19/h6-7,12H,2-5,8-11H2,1H3,(H,18,21). The molecule has 3 rings (SSSR count). The number of hydrogen-bond donors (Lipinski definition) is 1. The zero-order valence-electron chi connectivity index (χ0n) is 13.1. The second-order valence-electron chi connectivity index (χ2n) is 6.11. The first kappa shape index (κ1) is 14.9. The van der Waals surface area contributed by atoms with Crippen molar-refractivity contribution in [2.75, 3.05) is 36.4 Å². The number of amides is 2. The minimum Gasteiger partial charge on any atom is -0.370 e. The predicted molar refractivity (Wildman–Crippen MR) is 87.3 cm³/mol. The lowest BCUT2D eigenvalue weighted by Crippen LogP contribution is -2.28. The van der Waals surface area contributed by atoms with E-state index in [4.69, 9.17) is 0 Å². The van der Waals surface area contributed by atoms with Crippen LogP contribution in [-0.2, 0) is 4.79 Å². The van der Waals surface area contributed by atoms with Gasteiger partial charge in [-0.2, -0.15) is 0 Å². The Kier molecular flexibility index (Phi) is 4.32. The lowest BCUT2D eigenvalue weighted by atomic mass is 10.1. The van der Waals surface area contributed by atoms with Crippen LogP contribution in [0.2, 0.25) is 0 Å². The number of carbonyl (C=O) groups excluding carboxylic acids is 2. The maximum Gasteiger partial charge on any atom is 0.253 e. The lowest BCUT2D eigenvalue weighted by molar-refractivity contribution is -0.114. The summed E-state index contributed by atoms with van der Waals surface area (Å²) < 4.78 is 0. The molecule has 0 spiro atoms. The van der Waals surface area contributed by atoms with Gasteiger partial charge in [0.25, 0.3) is 5.91 Å². The molecule has 2 saturated heterocycles. The molecule has 0 saturated carbocycles. The monoisotopic (exact) mass is 301 g/mol. The van der Waals surface area contributed by atoms with Crippen LogP contribution in [0.4, 0.5) is 11.4 Å². The van der Waals surface area contributed by atoms with E-state index in [2.05, 4.69) is 10.2 Å². The van der Waals surface area contributed by atoms with E-state index in [0.29, 0.717) is 5.56 Å². The molecule has 22 heavy (non-hydrogen) atoms. The Morgan fingerprint density at radius 3 is 2.27 bits per heavy atom. The van der Waals surface area contributed by atoms with Crippen molar-refractivity contribution in [2.45, 2.75) is 32.6 Å². The molecular weight excluding hydrogens is 278 g/mol. The molecule has 0 atom stereocenters. The summed E-state index contributed by atoms with van der Waals surface area (Å²) in [5.41, 5.74) is 2.43. The average Bonchev–Trinajstić information content (AvgIpc) is 3.19. The molecule has 0 unspecified atom stereocenters. The highest BCUT2D eigenvalue weighted by molar-refractivity contribution is 5.99. The Balaban J connectivity index is 1.88. The first-order valence-electron chi connectivity index (χ1n) is 8.11. The Hall–Kier alpha value is -2.04. The first-order chi connectivity index (χ1) is 10.6. The molecular formula is C17H23N3O2. The number of carbonyl (C=O) groups is 2. The summed E-state index contributed by atoms with van der Waals surface area (Å²) in [6, 6.07) is 5.69. The average molecular weight is 301 g/mol. The molecule has 2 heterocycles. The lowest BCUT2D eigenvalue weighted by Gasteiger charge is -2.23. The second kappa shape index (κ2) is 6.38. The highest BCUT2D eigenvalue weighted by Gasteiger charge is 2.22. The molecule has 2 fully saturated rings. The minimum absolute atomic E-state index is 0.0667. The predicted octanol–water partition coefficient (Wildman–Crippen LogP) is 2.48. The summed E-state index contributed by atoms with van der Waals surface area (Å²) in [5, 5.41) is 2.88. The van der Waals surface area contributed by atoms with E-state index in [1.165, 1.54) is 19.8 Å². The van der Waals surface area contributed by atoms with Gasteiger partial charge >= 0.3 is 0 Å². The van der Waals surface area contributed by atoms with Gasteiger partial charge in [0.2, 0.25) is 5.91 Å². The third-order valence-electron chi connectivity index (χ3n) is 4.39. The van der Waals surface area contributed by atoms with Gasteiger partial charge in [0, 0.05) is 38.7 Å². The van der Waals surface area contributed by atoms with Crippen molar-refractivity contribution in [3.63, 3.8) is 0 Å². The topological polar surface area (TPSA) is 52.7 Å². The molecule has 1 aromatic rings. The molecule has 2 amide bonds. The molecule has 0 aromatic heterocycles. The molecule has 1 N–H and O–H groups in total. The van der Waals surface area contributed by atoms with Crippen molar-refractivity contribution >= 4 is 23.2 Å². The molecule has 0 aliphatic carbocycles. The smallest absolute Gasteiger partial charge is 0.253 e. The first-order valence-corrected chi connectivity index (χ1v) is 8.11. The van der Waals surface area contributed by atoms with Gasteiger partial charge in [-0.3, -0.25) is 9.59 Å². The SMILES string of the molecule is CC(=O)Nc1cc(C(=O)N2CCCC2)ccc1N1CCCC1. The Labute approximate surface area is 131 Å². The van der Waals surface area contributed by atoms with E-state index in [-0.39, 0.29) is 11.8 Å². The molecule has 0 bridgehead atoms. The fourth-order valence-electron chi connectivity index (χ4n) is 3.30. The fraction of sp³-hybridized carbons (Fsp3) is 0.529. The van der Waals surface area contributed by atoms with Gasteiger partial charge in [-0.1, -0.05) is 0 Å². The van der Waals surface area contributed by atoms with Gasteiger partial charge in [-0.05, 0) is 43.9 Å². The van der Waals surface area contributed by atoms with Crippen molar-refractivity contribution in [1.82, 2.24) is 4.90 Å². The minimum atomic E-state index is -0.105. The Bertz CT molecular complexity index is 573. The van der Waals surface area contributed by atoms with E-state index < -0.39 is 0 Å². The third kappa shape index (κ3) is 3.08. The van der Waals surface area contributed by atoms with Gasteiger partial charge < -0.3 is 15.1 Å². The molecule has 0 radical (unpaired) electrons. The molecule has 1 aromatic carbocycles. The van der Waals surface area contributed by atoms with Crippen LogP contribution in [0.15, 0.2) is 18.2 Å². The van der Waals surface area contributed by atoms with Gasteiger partial charge in [-0.15, -0.1) is 0 Å². The number of likely N-dealkylation sites (tertiary alicyclic amines) is 1. The Morgan fingerprint density at radius 2 is 1.64 bits per heavy atom. The van der Waals surface area contributed by atoms with Crippen molar-refractivity contribution < 1.29 is 9.59 Å². The summed E-state index contributed by atoms with van der Waals surface area (Å²) in [7, 11) is 0. The maximum absolute atomic E-state index is 12.5. The largest absolute Gasteiger partial charge is 0.370 e. The Morgan fingerprint density at radius 1 is 1.00 bits per heavy atom. The van der Waals surface area contributed by atoms with Crippen molar-refractivity contribution in [2.24, 2.45) is 0 Å². The number of hydrogen-bond acceptors (Lipinski definition) is 3. The molecule has 5 nitrogen and oxygen atoms in total. The summed E-state index contributed by atoms with van der Waals surface area (Å²) in [6.45, 7) is 5.19. The zero-order valence-corrected chi connectivity index (χ0v) is 13.1. The molecule has 2 aliphatic rings. The fourth-order valence-corrected chi connectivity index (χ4v) is 3.30. The van der Waals surface area contributed by atoms with Gasteiger partial charge in [0.05, 0.1) is 11.4 Å². The zero-order chi connectivity index (χ0) is 15.5. The van der Waals surface area contributed by atoms with E-state index in [1.807, 2.05) is 23.1 Å². The van der Waals surface area contributed by atoms with Crippen molar-refractivity contribution in [3.05, 3.63) is 23.8 Å². The van der Waals surface area contributed by atoms with Gasteiger partial charge in [-0.25, -0.2) is 0 Å². The second-order valence-corrected chi connectivity index (χ2v) is 6.11. The van der Waals surface area contributed by atoms with E-state index in [1.54, 1.807) is 0 Å². The summed E-state index contributed by atoms with van der Waals surface area (Å²) >= 11 is 0. The van der Waals surface area contributed by atoms with Gasteiger partial charge in [0.1, 0.15) is 0 Å². The van der Waals surface area contributed by atoms with Crippen LogP contribution in [0.25, 0.3) is 0 Å². The van der Waals surface area contributed by atoms with Crippen LogP contribution in [-0.4, -0.2) is 42.9 Å². The molecule has 5 heteroatoms.